The number of likely N-dealkylation sites (N-methyl/N-ethyl adjacent to an activating group) is 1. The van der Waals surface area contributed by atoms with Crippen LogP contribution in [0.5, 0.6) is 0 Å². The molecule has 90 valence electrons. The molecule has 0 aliphatic heterocycles. The standard InChI is InChI=1S/C13H28N2/c1-4-6-12(3)11-14-9-10-15(5-2)13-7-8-13/h12-14H,4-11H2,1-3H3. The zero-order chi connectivity index (χ0) is 11.1. The van der Waals surface area contributed by atoms with Gasteiger partial charge in [-0.3, -0.25) is 4.90 Å². The van der Waals surface area contributed by atoms with Crippen molar-refractivity contribution in [3.63, 3.8) is 0 Å². The Balaban J connectivity index is 1.95. The first-order valence-corrected chi connectivity index (χ1v) is 6.72. The van der Waals surface area contributed by atoms with Gasteiger partial charge in [-0.05, 0) is 38.3 Å². The first-order chi connectivity index (χ1) is 7.27. The summed E-state index contributed by atoms with van der Waals surface area (Å²) in [5, 5.41) is 3.58. The van der Waals surface area contributed by atoms with Gasteiger partial charge >= 0.3 is 0 Å². The van der Waals surface area contributed by atoms with E-state index in [0.29, 0.717) is 0 Å². The molecule has 1 saturated carbocycles. The molecule has 1 fully saturated rings. The SMILES string of the molecule is CCCC(C)CNCCN(CC)C1CC1. The van der Waals surface area contributed by atoms with Crippen LogP contribution in [0.4, 0.5) is 0 Å². The fraction of sp³-hybridized carbons (Fsp3) is 1.00. The molecule has 2 nitrogen and oxygen atoms in total. The van der Waals surface area contributed by atoms with Crippen LogP contribution >= 0.6 is 0 Å². The van der Waals surface area contributed by atoms with E-state index < -0.39 is 0 Å². The third-order valence-corrected chi connectivity index (χ3v) is 3.32. The lowest BCUT2D eigenvalue weighted by molar-refractivity contribution is 0.274. The minimum absolute atomic E-state index is 0.839. The van der Waals surface area contributed by atoms with Crippen molar-refractivity contribution in [1.29, 1.82) is 0 Å². The fourth-order valence-corrected chi connectivity index (χ4v) is 2.20. The molecule has 1 rings (SSSR count). The van der Waals surface area contributed by atoms with Crippen LogP contribution in [0.25, 0.3) is 0 Å². The zero-order valence-electron chi connectivity index (χ0n) is 10.8. The number of hydrogen-bond acceptors (Lipinski definition) is 2. The van der Waals surface area contributed by atoms with Gasteiger partial charge in [0.1, 0.15) is 0 Å². The van der Waals surface area contributed by atoms with Crippen molar-refractivity contribution in [2.75, 3.05) is 26.2 Å². The van der Waals surface area contributed by atoms with E-state index in [1.165, 1.54) is 51.9 Å². The molecule has 1 aliphatic carbocycles. The van der Waals surface area contributed by atoms with Crippen LogP contribution in [0.2, 0.25) is 0 Å². The minimum atomic E-state index is 0.839. The molecule has 0 aromatic carbocycles. The third kappa shape index (κ3) is 5.53. The summed E-state index contributed by atoms with van der Waals surface area (Å²) in [5.41, 5.74) is 0. The van der Waals surface area contributed by atoms with E-state index in [1.807, 2.05) is 0 Å². The Labute approximate surface area is 95.4 Å². The van der Waals surface area contributed by atoms with Gasteiger partial charge in [0, 0.05) is 19.1 Å². The Kier molecular flexibility index (Phi) is 6.26. The summed E-state index contributed by atoms with van der Waals surface area (Å²) < 4.78 is 0. The third-order valence-electron chi connectivity index (χ3n) is 3.32. The van der Waals surface area contributed by atoms with E-state index >= 15 is 0 Å². The molecule has 0 bridgehead atoms. The summed E-state index contributed by atoms with van der Waals surface area (Å²) >= 11 is 0. The maximum atomic E-state index is 3.58. The van der Waals surface area contributed by atoms with Crippen molar-refractivity contribution < 1.29 is 0 Å². The van der Waals surface area contributed by atoms with Crippen molar-refractivity contribution in [2.24, 2.45) is 5.92 Å². The number of nitrogens with one attached hydrogen (secondary N) is 1. The maximum absolute atomic E-state index is 3.58. The number of nitrogens with zero attached hydrogens (tertiary/aromatic N) is 1. The molecule has 0 heterocycles. The molecule has 0 radical (unpaired) electrons. The van der Waals surface area contributed by atoms with Gasteiger partial charge in [0.15, 0.2) is 0 Å². The van der Waals surface area contributed by atoms with Gasteiger partial charge in [0.2, 0.25) is 0 Å². The average molecular weight is 212 g/mol. The highest BCUT2D eigenvalue weighted by Crippen LogP contribution is 2.25. The maximum Gasteiger partial charge on any atom is 0.0110 e. The van der Waals surface area contributed by atoms with Crippen LogP contribution in [-0.2, 0) is 0 Å². The molecule has 0 saturated heterocycles. The average Bonchev–Trinajstić information content (AvgIpc) is 3.02. The summed E-state index contributed by atoms with van der Waals surface area (Å²) in [5.74, 6) is 0.839. The highest BCUT2D eigenvalue weighted by molar-refractivity contribution is 4.83. The van der Waals surface area contributed by atoms with E-state index in [2.05, 4.69) is 31.0 Å². The van der Waals surface area contributed by atoms with Gasteiger partial charge in [-0.1, -0.05) is 27.2 Å². The van der Waals surface area contributed by atoms with Gasteiger partial charge in [-0.25, -0.2) is 0 Å². The first kappa shape index (κ1) is 13.0. The van der Waals surface area contributed by atoms with Crippen LogP contribution < -0.4 is 5.32 Å². The molecule has 1 aliphatic rings. The van der Waals surface area contributed by atoms with Crippen molar-refractivity contribution in [3.8, 4) is 0 Å². The molecule has 0 aromatic heterocycles. The van der Waals surface area contributed by atoms with Crippen LogP contribution in [0.3, 0.4) is 0 Å². The molecular formula is C13H28N2. The Morgan fingerprint density at radius 1 is 1.33 bits per heavy atom. The second kappa shape index (κ2) is 7.24. The second-order valence-corrected chi connectivity index (χ2v) is 4.96. The molecule has 0 aromatic rings. The number of rotatable bonds is 9. The van der Waals surface area contributed by atoms with Crippen LogP contribution in [0.1, 0.15) is 46.5 Å². The predicted molar refractivity (Wildman–Crippen MR) is 67.2 cm³/mol. The second-order valence-electron chi connectivity index (χ2n) is 4.96. The van der Waals surface area contributed by atoms with Crippen molar-refractivity contribution in [3.05, 3.63) is 0 Å². The monoisotopic (exact) mass is 212 g/mol. The molecule has 0 amide bonds. The zero-order valence-corrected chi connectivity index (χ0v) is 10.8. The van der Waals surface area contributed by atoms with Crippen molar-refractivity contribution >= 4 is 0 Å². The molecule has 2 heteroatoms. The normalized spacial score (nSPS) is 18.4. The Morgan fingerprint density at radius 2 is 2.07 bits per heavy atom. The van der Waals surface area contributed by atoms with E-state index in [4.69, 9.17) is 0 Å². The van der Waals surface area contributed by atoms with Crippen LogP contribution in [0.15, 0.2) is 0 Å². The summed E-state index contributed by atoms with van der Waals surface area (Å²) in [6, 6.07) is 0.921. The lowest BCUT2D eigenvalue weighted by atomic mass is 10.1. The predicted octanol–water partition coefficient (Wildman–Crippen LogP) is 2.50. The Morgan fingerprint density at radius 3 is 2.60 bits per heavy atom. The Bertz CT molecular complexity index is 155. The van der Waals surface area contributed by atoms with E-state index in [0.717, 1.165) is 12.0 Å². The lowest BCUT2D eigenvalue weighted by Crippen LogP contribution is -2.35. The smallest absolute Gasteiger partial charge is 0.0110 e. The molecule has 0 spiro atoms. The van der Waals surface area contributed by atoms with E-state index in [1.54, 1.807) is 0 Å². The van der Waals surface area contributed by atoms with Crippen LogP contribution in [0, 0.1) is 5.92 Å². The van der Waals surface area contributed by atoms with E-state index in [9.17, 15) is 0 Å². The molecule has 1 unspecified atom stereocenters. The minimum Gasteiger partial charge on any atom is -0.315 e. The summed E-state index contributed by atoms with van der Waals surface area (Å²) in [6.07, 6.45) is 5.53. The van der Waals surface area contributed by atoms with Gasteiger partial charge < -0.3 is 5.32 Å². The highest BCUT2D eigenvalue weighted by Gasteiger charge is 2.26. The van der Waals surface area contributed by atoms with Crippen molar-refractivity contribution in [2.45, 2.75) is 52.5 Å². The fourth-order valence-electron chi connectivity index (χ4n) is 2.20. The molecular weight excluding hydrogens is 184 g/mol. The first-order valence-electron chi connectivity index (χ1n) is 6.72. The van der Waals surface area contributed by atoms with Crippen molar-refractivity contribution in [1.82, 2.24) is 10.2 Å². The number of hydrogen-bond donors (Lipinski definition) is 1. The Hall–Kier alpha value is -0.0800. The van der Waals surface area contributed by atoms with Crippen LogP contribution in [-0.4, -0.2) is 37.1 Å². The van der Waals surface area contributed by atoms with E-state index in [-0.39, 0.29) is 0 Å². The van der Waals surface area contributed by atoms with Gasteiger partial charge in [-0.15, -0.1) is 0 Å². The molecule has 1 N–H and O–H groups in total. The van der Waals surface area contributed by atoms with Gasteiger partial charge in [-0.2, -0.15) is 0 Å². The largest absolute Gasteiger partial charge is 0.315 e. The quantitative estimate of drug-likeness (QED) is 0.591. The molecule has 15 heavy (non-hydrogen) atoms. The summed E-state index contributed by atoms with van der Waals surface area (Å²) in [7, 11) is 0. The van der Waals surface area contributed by atoms with Gasteiger partial charge in [0.05, 0.1) is 0 Å². The summed E-state index contributed by atoms with van der Waals surface area (Å²) in [4.78, 5) is 2.61. The topological polar surface area (TPSA) is 15.3 Å². The van der Waals surface area contributed by atoms with Gasteiger partial charge in [0.25, 0.3) is 0 Å². The molecule has 1 atom stereocenters. The summed E-state index contributed by atoms with van der Waals surface area (Å²) in [6.45, 7) is 11.7. The lowest BCUT2D eigenvalue weighted by Gasteiger charge is -2.20. The highest BCUT2D eigenvalue weighted by atomic mass is 15.2.